The van der Waals surface area contributed by atoms with Crippen molar-refractivity contribution in [2.24, 2.45) is 7.05 Å². The van der Waals surface area contributed by atoms with Crippen molar-refractivity contribution in [2.45, 2.75) is 38.3 Å². The van der Waals surface area contributed by atoms with Crippen LogP contribution in [0.1, 0.15) is 42.7 Å². The van der Waals surface area contributed by atoms with E-state index in [2.05, 4.69) is 20.9 Å². The summed E-state index contributed by atoms with van der Waals surface area (Å²) in [5.41, 5.74) is -0.808. The molecule has 4 N–H and O–H groups in total. The first-order valence-electron chi connectivity index (χ1n) is 10.4. The number of carboxylic acids is 1. The average Bonchev–Trinajstić information content (AvgIpc) is 3.24. The maximum atomic E-state index is 13.0. The lowest BCUT2D eigenvalue weighted by atomic mass is 10.1. The standard InChI is InChI=1S/C21H26N6O7/c1-4-14(21(33)34)27-9-5-6-13(20(27)32)25-17(29)12(7-8-16(28)19(31)22-2)24-18(30)15-10-23-11-26(15)3/h5-6,9-12,14H,4,7-8H2,1-3H3,(H,22,31)(H,24,30)(H,25,29)(H,33,34). The van der Waals surface area contributed by atoms with E-state index in [0.717, 1.165) is 4.57 Å². The summed E-state index contributed by atoms with van der Waals surface area (Å²) in [7, 11) is 2.86. The highest BCUT2D eigenvalue weighted by molar-refractivity contribution is 6.36. The van der Waals surface area contributed by atoms with Crippen molar-refractivity contribution in [2.75, 3.05) is 12.4 Å². The Morgan fingerprint density at radius 1 is 1.21 bits per heavy atom. The highest BCUT2D eigenvalue weighted by atomic mass is 16.4. The lowest BCUT2D eigenvalue weighted by molar-refractivity contribution is -0.141. The van der Waals surface area contributed by atoms with E-state index in [1.54, 1.807) is 14.0 Å². The topological polar surface area (TPSA) is 181 Å². The van der Waals surface area contributed by atoms with Gasteiger partial charge in [-0.3, -0.25) is 28.5 Å². The predicted molar refractivity (Wildman–Crippen MR) is 119 cm³/mol. The van der Waals surface area contributed by atoms with Gasteiger partial charge in [-0.05, 0) is 25.0 Å². The third-order valence-electron chi connectivity index (χ3n) is 5.05. The number of imidazole rings is 1. The molecule has 2 atom stereocenters. The number of aromatic nitrogens is 3. The van der Waals surface area contributed by atoms with E-state index in [4.69, 9.17) is 0 Å². The minimum Gasteiger partial charge on any atom is -0.480 e. The highest BCUT2D eigenvalue weighted by Gasteiger charge is 2.26. The van der Waals surface area contributed by atoms with E-state index >= 15 is 0 Å². The molecule has 2 rings (SSSR count). The third-order valence-corrected chi connectivity index (χ3v) is 5.05. The Morgan fingerprint density at radius 3 is 2.47 bits per heavy atom. The fourth-order valence-corrected chi connectivity index (χ4v) is 3.17. The summed E-state index contributed by atoms with van der Waals surface area (Å²) >= 11 is 0. The van der Waals surface area contributed by atoms with Crippen LogP contribution in [0.4, 0.5) is 5.69 Å². The van der Waals surface area contributed by atoms with Gasteiger partial charge in [-0.25, -0.2) is 9.78 Å². The average molecular weight is 474 g/mol. The molecule has 0 aliphatic carbocycles. The van der Waals surface area contributed by atoms with Gasteiger partial charge in [0.15, 0.2) is 0 Å². The van der Waals surface area contributed by atoms with E-state index < -0.39 is 47.1 Å². The summed E-state index contributed by atoms with van der Waals surface area (Å²) in [4.78, 5) is 77.0. The molecular weight excluding hydrogens is 448 g/mol. The van der Waals surface area contributed by atoms with Crippen molar-refractivity contribution in [1.82, 2.24) is 24.8 Å². The van der Waals surface area contributed by atoms with E-state index in [1.165, 1.54) is 42.5 Å². The number of carbonyl (C=O) groups is 5. The molecule has 0 bridgehead atoms. The Labute approximate surface area is 194 Å². The molecule has 13 nitrogen and oxygen atoms in total. The molecule has 34 heavy (non-hydrogen) atoms. The molecule has 2 aromatic heterocycles. The molecule has 2 heterocycles. The largest absolute Gasteiger partial charge is 0.480 e. The van der Waals surface area contributed by atoms with E-state index in [1.807, 2.05) is 0 Å². The summed E-state index contributed by atoms with van der Waals surface area (Å²) in [6.07, 6.45) is 3.53. The molecule has 3 amide bonds. The molecule has 0 radical (unpaired) electrons. The number of ketones is 1. The zero-order chi connectivity index (χ0) is 25.4. The molecule has 0 saturated heterocycles. The van der Waals surface area contributed by atoms with E-state index in [-0.39, 0.29) is 30.6 Å². The number of hydrogen-bond acceptors (Lipinski definition) is 7. The third kappa shape index (κ3) is 6.15. The normalized spacial score (nSPS) is 12.3. The molecule has 0 fully saturated rings. The van der Waals surface area contributed by atoms with Crippen LogP contribution in [0.5, 0.6) is 0 Å². The lowest BCUT2D eigenvalue weighted by Crippen LogP contribution is -2.45. The number of anilines is 1. The Balaban J connectivity index is 2.28. The quantitative estimate of drug-likeness (QED) is 0.313. The first-order chi connectivity index (χ1) is 16.1. The molecule has 2 aromatic rings. The molecule has 0 saturated carbocycles. The van der Waals surface area contributed by atoms with Gasteiger partial charge in [0.25, 0.3) is 17.4 Å². The maximum absolute atomic E-state index is 13.0. The van der Waals surface area contributed by atoms with Crippen LogP contribution in [0.25, 0.3) is 0 Å². The molecule has 182 valence electrons. The number of aryl methyl sites for hydroxylation is 1. The van der Waals surface area contributed by atoms with Crippen LogP contribution in [-0.4, -0.2) is 61.8 Å². The van der Waals surface area contributed by atoms with Gasteiger partial charge in [-0.15, -0.1) is 0 Å². The van der Waals surface area contributed by atoms with E-state index in [9.17, 15) is 33.9 Å². The molecule has 0 aromatic carbocycles. The summed E-state index contributed by atoms with van der Waals surface area (Å²) in [6.45, 7) is 1.60. The van der Waals surface area contributed by atoms with Gasteiger partial charge in [0.2, 0.25) is 11.7 Å². The number of carboxylic acid groups (broad SMARTS) is 1. The Morgan fingerprint density at radius 2 is 1.91 bits per heavy atom. The van der Waals surface area contributed by atoms with Crippen LogP contribution in [0.2, 0.25) is 0 Å². The van der Waals surface area contributed by atoms with Crippen molar-refractivity contribution in [3.63, 3.8) is 0 Å². The van der Waals surface area contributed by atoms with Crippen LogP contribution in [0.3, 0.4) is 0 Å². The summed E-state index contributed by atoms with van der Waals surface area (Å²) in [5, 5.41) is 16.4. The van der Waals surface area contributed by atoms with Crippen molar-refractivity contribution in [3.8, 4) is 0 Å². The minimum absolute atomic E-state index is 0.137. The fourth-order valence-electron chi connectivity index (χ4n) is 3.17. The highest BCUT2D eigenvalue weighted by Crippen LogP contribution is 2.12. The van der Waals surface area contributed by atoms with E-state index in [0.29, 0.717) is 0 Å². The van der Waals surface area contributed by atoms with Crippen LogP contribution in [-0.2, 0) is 26.2 Å². The Kier molecular flexibility index (Phi) is 8.81. The second kappa shape index (κ2) is 11.5. The first-order valence-corrected chi connectivity index (χ1v) is 10.4. The summed E-state index contributed by atoms with van der Waals surface area (Å²) in [5.74, 6) is -4.32. The SMILES string of the molecule is CCC(C(=O)O)n1cccc(NC(=O)C(CCC(=O)C(=O)NC)NC(=O)c2cncn2C)c1=O. The number of nitrogens with zero attached hydrogens (tertiary/aromatic N) is 3. The first kappa shape index (κ1) is 26.0. The van der Waals surface area contributed by atoms with Crippen molar-refractivity contribution in [1.29, 1.82) is 0 Å². The number of hydrogen-bond donors (Lipinski definition) is 4. The van der Waals surface area contributed by atoms with Gasteiger partial charge in [-0.2, -0.15) is 0 Å². The van der Waals surface area contributed by atoms with Crippen molar-refractivity contribution >= 4 is 35.2 Å². The van der Waals surface area contributed by atoms with Crippen molar-refractivity contribution < 1.29 is 29.1 Å². The molecule has 13 heteroatoms. The number of rotatable bonds is 11. The van der Waals surface area contributed by atoms with Crippen molar-refractivity contribution in [3.05, 3.63) is 46.9 Å². The minimum atomic E-state index is -1.29. The lowest BCUT2D eigenvalue weighted by Gasteiger charge is -2.19. The van der Waals surface area contributed by atoms with Crippen LogP contribution in [0.15, 0.2) is 35.6 Å². The number of aliphatic carboxylic acids is 1. The van der Waals surface area contributed by atoms with Gasteiger partial charge < -0.3 is 25.6 Å². The smallest absolute Gasteiger partial charge is 0.326 e. The molecular formula is C21H26N6O7. The molecule has 0 aliphatic rings. The van der Waals surface area contributed by atoms with Gasteiger partial charge in [-0.1, -0.05) is 6.92 Å². The molecule has 0 aliphatic heterocycles. The fraction of sp³-hybridized carbons (Fsp3) is 0.381. The zero-order valence-electron chi connectivity index (χ0n) is 18.9. The Bertz CT molecular complexity index is 1150. The second-order valence-electron chi connectivity index (χ2n) is 7.34. The van der Waals surface area contributed by atoms with Crippen LogP contribution < -0.4 is 21.5 Å². The van der Waals surface area contributed by atoms with Gasteiger partial charge in [0.1, 0.15) is 23.5 Å². The monoisotopic (exact) mass is 474 g/mol. The van der Waals surface area contributed by atoms with Gasteiger partial charge >= 0.3 is 5.97 Å². The summed E-state index contributed by atoms with van der Waals surface area (Å²) in [6, 6.07) is 0.280. The molecule has 2 unspecified atom stereocenters. The number of Topliss-reactive ketones (excluding diaryl/α,β-unsaturated/α-hetero) is 1. The zero-order valence-corrected chi connectivity index (χ0v) is 18.9. The number of likely N-dealkylation sites (N-methyl/N-ethyl adjacent to an activating group) is 1. The maximum Gasteiger partial charge on any atom is 0.326 e. The predicted octanol–water partition coefficient (Wildman–Crippen LogP) is -0.550. The number of carbonyl (C=O) groups excluding carboxylic acids is 4. The number of amides is 3. The summed E-state index contributed by atoms with van der Waals surface area (Å²) < 4.78 is 2.41. The van der Waals surface area contributed by atoms with Crippen LogP contribution >= 0.6 is 0 Å². The van der Waals surface area contributed by atoms with Gasteiger partial charge in [0.05, 0.1) is 12.5 Å². The Hall–Kier alpha value is -4.29. The molecule has 0 spiro atoms. The number of nitrogens with one attached hydrogen (secondary N) is 3. The second-order valence-corrected chi connectivity index (χ2v) is 7.34. The number of pyridine rings is 1. The van der Waals surface area contributed by atoms with Crippen LogP contribution in [0, 0.1) is 0 Å². The van der Waals surface area contributed by atoms with Gasteiger partial charge in [0, 0.05) is 26.7 Å².